The lowest BCUT2D eigenvalue weighted by atomic mass is 10.3. The lowest BCUT2D eigenvalue weighted by Crippen LogP contribution is -1.90. The Morgan fingerprint density at radius 3 is 2.06 bits per heavy atom. The van der Waals surface area contributed by atoms with Crippen molar-refractivity contribution in [3.8, 4) is 11.5 Å². The zero-order valence-electron chi connectivity index (χ0n) is 10.1. The van der Waals surface area contributed by atoms with Gasteiger partial charge in [-0.05, 0) is 42.5 Å². The van der Waals surface area contributed by atoms with Crippen molar-refractivity contribution >= 4 is 23.4 Å². The maximum atomic E-state index is 5.86. The molecule has 2 nitrogen and oxygen atoms in total. The van der Waals surface area contributed by atoms with E-state index in [1.807, 2.05) is 42.5 Å². The van der Waals surface area contributed by atoms with Gasteiger partial charge >= 0.3 is 0 Å². The van der Waals surface area contributed by atoms with Crippen molar-refractivity contribution in [1.82, 2.24) is 0 Å². The fourth-order valence-electron chi connectivity index (χ4n) is 1.52. The van der Waals surface area contributed by atoms with E-state index in [-0.39, 0.29) is 0 Å². The van der Waals surface area contributed by atoms with Crippen LogP contribution < -0.4 is 9.47 Å². The van der Waals surface area contributed by atoms with E-state index in [1.165, 1.54) is 0 Å². The molecule has 0 aliphatic heterocycles. The predicted octanol–water partition coefficient (Wildman–Crippen LogP) is 4.51. The summed E-state index contributed by atoms with van der Waals surface area (Å²) in [5.74, 6) is 1.47. The molecule has 0 radical (unpaired) electrons. The number of hydrogen-bond acceptors (Lipinski definition) is 3. The summed E-state index contributed by atoms with van der Waals surface area (Å²) in [6.45, 7) is 0. The summed E-state index contributed by atoms with van der Waals surface area (Å²) in [5, 5.41) is 0.742. The van der Waals surface area contributed by atoms with Crippen LogP contribution in [0.4, 0.5) is 0 Å². The van der Waals surface area contributed by atoms with Gasteiger partial charge in [0.25, 0.3) is 0 Å². The van der Waals surface area contributed by atoms with Crippen molar-refractivity contribution < 1.29 is 9.47 Å². The zero-order valence-corrected chi connectivity index (χ0v) is 11.7. The largest absolute Gasteiger partial charge is 0.493 e. The van der Waals surface area contributed by atoms with Crippen LogP contribution in [0.15, 0.2) is 52.3 Å². The Morgan fingerprint density at radius 2 is 1.44 bits per heavy atom. The van der Waals surface area contributed by atoms with Crippen LogP contribution in [0.2, 0.25) is 5.02 Å². The Hall–Kier alpha value is -1.32. The number of halogens is 1. The molecule has 0 fully saturated rings. The van der Waals surface area contributed by atoms with Crippen LogP contribution in [-0.4, -0.2) is 14.2 Å². The molecule has 0 aliphatic rings. The molecule has 0 saturated carbocycles. The number of rotatable bonds is 4. The van der Waals surface area contributed by atoms with Crippen molar-refractivity contribution in [2.75, 3.05) is 14.2 Å². The fourth-order valence-corrected chi connectivity index (χ4v) is 2.49. The molecule has 0 amide bonds. The summed E-state index contributed by atoms with van der Waals surface area (Å²) in [7, 11) is 3.26. The van der Waals surface area contributed by atoms with E-state index in [4.69, 9.17) is 21.1 Å². The molecule has 0 aliphatic carbocycles. The summed E-state index contributed by atoms with van der Waals surface area (Å²) in [6, 6.07) is 13.6. The first-order chi connectivity index (χ1) is 8.72. The monoisotopic (exact) mass is 280 g/mol. The third kappa shape index (κ3) is 3.12. The van der Waals surface area contributed by atoms with E-state index in [1.54, 1.807) is 26.0 Å². The quantitative estimate of drug-likeness (QED) is 0.821. The second-order valence-corrected chi connectivity index (χ2v) is 5.16. The Kier molecular flexibility index (Phi) is 4.39. The Balaban J connectivity index is 2.21. The first-order valence-electron chi connectivity index (χ1n) is 5.38. The van der Waals surface area contributed by atoms with Crippen molar-refractivity contribution in [3.05, 3.63) is 47.5 Å². The molecule has 0 aromatic heterocycles. The van der Waals surface area contributed by atoms with Crippen LogP contribution in [0.5, 0.6) is 11.5 Å². The second-order valence-electron chi connectivity index (χ2n) is 3.57. The van der Waals surface area contributed by atoms with E-state index in [0.717, 1.165) is 26.3 Å². The number of hydrogen-bond donors (Lipinski definition) is 0. The van der Waals surface area contributed by atoms with E-state index < -0.39 is 0 Å². The summed E-state index contributed by atoms with van der Waals surface area (Å²) in [6.07, 6.45) is 0. The SMILES string of the molecule is COc1ccc(Sc2ccc(Cl)cc2)cc1OC. The Bertz CT molecular complexity index is 526. The van der Waals surface area contributed by atoms with E-state index in [0.29, 0.717) is 0 Å². The van der Waals surface area contributed by atoms with Gasteiger partial charge in [0, 0.05) is 14.8 Å². The first kappa shape index (κ1) is 13.1. The molecule has 0 spiro atoms. The van der Waals surface area contributed by atoms with E-state index in [9.17, 15) is 0 Å². The lowest BCUT2D eigenvalue weighted by Gasteiger charge is -2.09. The Labute approximate surface area is 116 Å². The standard InChI is InChI=1S/C14H13ClO2S/c1-16-13-8-7-12(9-14(13)17-2)18-11-5-3-10(15)4-6-11/h3-9H,1-2H3. The van der Waals surface area contributed by atoms with Gasteiger partial charge in [-0.1, -0.05) is 23.4 Å². The predicted molar refractivity (Wildman–Crippen MR) is 75.1 cm³/mol. The average Bonchev–Trinajstić information content (AvgIpc) is 2.41. The summed E-state index contributed by atoms with van der Waals surface area (Å²) in [5.41, 5.74) is 0. The second kappa shape index (κ2) is 6.03. The Morgan fingerprint density at radius 1 is 0.833 bits per heavy atom. The van der Waals surface area contributed by atoms with Gasteiger partial charge in [-0.2, -0.15) is 0 Å². The first-order valence-corrected chi connectivity index (χ1v) is 6.58. The van der Waals surface area contributed by atoms with E-state index in [2.05, 4.69) is 0 Å². The third-order valence-corrected chi connectivity index (χ3v) is 3.65. The van der Waals surface area contributed by atoms with Crippen LogP contribution in [0.1, 0.15) is 0 Å². The van der Waals surface area contributed by atoms with Crippen LogP contribution in [0.25, 0.3) is 0 Å². The van der Waals surface area contributed by atoms with Crippen molar-refractivity contribution in [2.45, 2.75) is 9.79 Å². The minimum Gasteiger partial charge on any atom is -0.493 e. The third-order valence-electron chi connectivity index (χ3n) is 2.40. The van der Waals surface area contributed by atoms with Gasteiger partial charge in [0.1, 0.15) is 0 Å². The van der Waals surface area contributed by atoms with Gasteiger partial charge in [-0.3, -0.25) is 0 Å². The highest BCUT2D eigenvalue weighted by molar-refractivity contribution is 7.99. The smallest absolute Gasteiger partial charge is 0.161 e. The van der Waals surface area contributed by atoms with Gasteiger partial charge in [0.2, 0.25) is 0 Å². The van der Waals surface area contributed by atoms with Crippen LogP contribution in [0, 0.1) is 0 Å². The highest BCUT2D eigenvalue weighted by Crippen LogP contribution is 2.35. The van der Waals surface area contributed by atoms with Gasteiger partial charge in [0.05, 0.1) is 14.2 Å². The molecule has 2 aromatic carbocycles. The van der Waals surface area contributed by atoms with Gasteiger partial charge in [0.15, 0.2) is 11.5 Å². The fraction of sp³-hybridized carbons (Fsp3) is 0.143. The molecule has 0 heterocycles. The maximum absolute atomic E-state index is 5.86. The normalized spacial score (nSPS) is 10.2. The topological polar surface area (TPSA) is 18.5 Å². The number of ether oxygens (including phenoxy) is 2. The van der Waals surface area contributed by atoms with Crippen molar-refractivity contribution in [3.63, 3.8) is 0 Å². The molecule has 0 unspecified atom stereocenters. The van der Waals surface area contributed by atoms with Crippen molar-refractivity contribution in [2.24, 2.45) is 0 Å². The molecule has 94 valence electrons. The van der Waals surface area contributed by atoms with Gasteiger partial charge < -0.3 is 9.47 Å². The minimum absolute atomic E-state index is 0.733. The van der Waals surface area contributed by atoms with Crippen LogP contribution in [-0.2, 0) is 0 Å². The number of methoxy groups -OCH3 is 2. The summed E-state index contributed by atoms with van der Waals surface area (Å²) in [4.78, 5) is 2.22. The van der Waals surface area contributed by atoms with Crippen LogP contribution >= 0.6 is 23.4 Å². The molecular weight excluding hydrogens is 268 g/mol. The van der Waals surface area contributed by atoms with E-state index >= 15 is 0 Å². The average molecular weight is 281 g/mol. The highest BCUT2D eigenvalue weighted by Gasteiger charge is 2.05. The summed E-state index contributed by atoms with van der Waals surface area (Å²) >= 11 is 7.51. The minimum atomic E-state index is 0.733. The molecule has 18 heavy (non-hydrogen) atoms. The summed E-state index contributed by atoms with van der Waals surface area (Å²) < 4.78 is 10.5. The molecule has 0 bridgehead atoms. The molecule has 0 N–H and O–H groups in total. The van der Waals surface area contributed by atoms with Gasteiger partial charge in [-0.15, -0.1) is 0 Å². The maximum Gasteiger partial charge on any atom is 0.161 e. The molecule has 4 heteroatoms. The highest BCUT2D eigenvalue weighted by atomic mass is 35.5. The number of benzene rings is 2. The zero-order chi connectivity index (χ0) is 13.0. The van der Waals surface area contributed by atoms with Crippen LogP contribution in [0.3, 0.4) is 0 Å². The molecular formula is C14H13ClO2S. The van der Waals surface area contributed by atoms with Gasteiger partial charge in [-0.25, -0.2) is 0 Å². The molecule has 2 rings (SSSR count). The lowest BCUT2D eigenvalue weighted by molar-refractivity contribution is 0.354. The molecule has 0 saturated heterocycles. The molecule has 2 aromatic rings. The van der Waals surface area contributed by atoms with Crippen molar-refractivity contribution in [1.29, 1.82) is 0 Å². The molecule has 0 atom stereocenters.